The molecular formula is C50H48BN3. The highest BCUT2D eigenvalue weighted by molar-refractivity contribution is 6.97. The summed E-state index contributed by atoms with van der Waals surface area (Å²) in [5, 5.41) is 22.9. The van der Waals surface area contributed by atoms with Gasteiger partial charge >= 0.3 is 0 Å². The molecule has 0 spiro atoms. The number of hydrogen-bond acceptors (Lipinski definition) is 2. The van der Waals surface area contributed by atoms with Crippen LogP contribution in [0.2, 0.25) is 0 Å². The molecule has 7 rings (SSSR count). The van der Waals surface area contributed by atoms with E-state index in [9.17, 15) is 10.5 Å². The van der Waals surface area contributed by atoms with Crippen LogP contribution in [0.3, 0.4) is 0 Å². The molecule has 0 aliphatic heterocycles. The summed E-state index contributed by atoms with van der Waals surface area (Å²) in [5.41, 5.74) is 25.4. The average Bonchev–Trinajstić information content (AvgIpc) is 3.51. The van der Waals surface area contributed by atoms with Crippen molar-refractivity contribution in [3.8, 4) is 29.0 Å². The fourth-order valence-corrected chi connectivity index (χ4v) is 9.50. The van der Waals surface area contributed by atoms with Crippen LogP contribution in [-0.2, 0) is 0 Å². The van der Waals surface area contributed by atoms with Gasteiger partial charge in [0, 0.05) is 16.5 Å². The monoisotopic (exact) mass is 701 g/mol. The normalized spacial score (nSPS) is 11.3. The Balaban J connectivity index is 1.48. The van der Waals surface area contributed by atoms with Gasteiger partial charge in [-0.2, -0.15) is 10.5 Å². The molecule has 6 aromatic carbocycles. The second-order valence-corrected chi connectivity index (χ2v) is 15.4. The summed E-state index contributed by atoms with van der Waals surface area (Å²) in [7, 11) is 0. The summed E-state index contributed by atoms with van der Waals surface area (Å²) in [6, 6.07) is 31.4. The fourth-order valence-electron chi connectivity index (χ4n) is 9.50. The van der Waals surface area contributed by atoms with Crippen LogP contribution in [0.15, 0.2) is 72.8 Å². The average molecular weight is 702 g/mol. The molecule has 7 aromatic rings. The Morgan fingerprint density at radius 2 is 0.741 bits per heavy atom. The van der Waals surface area contributed by atoms with E-state index in [0.717, 1.165) is 61.3 Å². The van der Waals surface area contributed by atoms with Gasteiger partial charge in [-0.15, -0.1) is 0 Å². The van der Waals surface area contributed by atoms with Gasteiger partial charge in [-0.25, -0.2) is 0 Å². The second kappa shape index (κ2) is 13.5. The molecule has 1 aromatic heterocycles. The molecule has 0 radical (unpaired) electrons. The standard InChI is InChI=1S/C50H48BN3/c1-27-33(7)48(34(8)28(2)43(27)25-52)51(49-35(9)29(3)44(26-53)30(4)36(49)10)50-37(11)31(5)47(32(6)38(50)12)39-21-23-40(24-22-39)54-45-19-15-13-17-41(45)42-18-14-16-20-46(42)54/h13-24H,1-12H3. The number of hydrogen-bond donors (Lipinski definition) is 0. The van der Waals surface area contributed by atoms with E-state index in [1.54, 1.807) is 0 Å². The van der Waals surface area contributed by atoms with Gasteiger partial charge in [-0.05, 0) is 152 Å². The van der Waals surface area contributed by atoms with Gasteiger partial charge in [0.05, 0.1) is 34.3 Å². The summed E-state index contributed by atoms with van der Waals surface area (Å²) >= 11 is 0. The van der Waals surface area contributed by atoms with Crippen LogP contribution in [0.1, 0.15) is 77.9 Å². The van der Waals surface area contributed by atoms with Gasteiger partial charge in [0.15, 0.2) is 0 Å². The summed E-state index contributed by atoms with van der Waals surface area (Å²) in [5.74, 6) is 0. The van der Waals surface area contributed by atoms with Crippen molar-refractivity contribution in [2.75, 3.05) is 0 Å². The van der Waals surface area contributed by atoms with E-state index in [2.05, 4.69) is 173 Å². The van der Waals surface area contributed by atoms with Gasteiger partial charge in [-0.3, -0.25) is 0 Å². The van der Waals surface area contributed by atoms with Gasteiger partial charge in [0.1, 0.15) is 0 Å². The summed E-state index contributed by atoms with van der Waals surface area (Å²) in [6.45, 7) is 26.2. The third kappa shape index (κ3) is 5.23. The molecule has 4 heteroatoms. The molecule has 0 saturated heterocycles. The molecule has 54 heavy (non-hydrogen) atoms. The predicted molar refractivity (Wildman–Crippen MR) is 230 cm³/mol. The number of benzene rings is 6. The SMILES string of the molecule is Cc1c(C)c(B(c2c(C)c(C)c(C#N)c(C)c2C)c2c(C)c(C)c(-c3ccc(-n4c5ccccc5c5ccccc54)cc3)c(C)c2C)c(C)c(C)c1C#N. The molecule has 266 valence electrons. The second-order valence-electron chi connectivity index (χ2n) is 15.4. The molecule has 0 amide bonds. The van der Waals surface area contributed by atoms with E-state index in [1.165, 1.54) is 71.6 Å². The quantitative estimate of drug-likeness (QED) is 0.168. The zero-order valence-electron chi connectivity index (χ0n) is 33.8. The van der Waals surface area contributed by atoms with Crippen LogP contribution in [0.25, 0.3) is 38.6 Å². The lowest BCUT2D eigenvalue weighted by Crippen LogP contribution is -2.58. The molecular weight excluding hydrogens is 653 g/mol. The third-order valence-corrected chi connectivity index (χ3v) is 13.1. The lowest BCUT2D eigenvalue weighted by atomic mass is 9.32. The van der Waals surface area contributed by atoms with Crippen molar-refractivity contribution in [1.29, 1.82) is 10.5 Å². The van der Waals surface area contributed by atoms with Crippen LogP contribution >= 0.6 is 0 Å². The zero-order valence-corrected chi connectivity index (χ0v) is 33.8. The maximum atomic E-state index is 10.2. The zero-order chi connectivity index (χ0) is 38.9. The first-order chi connectivity index (χ1) is 25.8. The minimum absolute atomic E-state index is 0.0792. The Morgan fingerprint density at radius 1 is 0.407 bits per heavy atom. The Morgan fingerprint density at radius 3 is 1.09 bits per heavy atom. The van der Waals surface area contributed by atoms with Crippen molar-refractivity contribution in [1.82, 2.24) is 4.57 Å². The van der Waals surface area contributed by atoms with Crippen LogP contribution in [-0.4, -0.2) is 11.3 Å². The molecule has 0 saturated carbocycles. The summed E-state index contributed by atoms with van der Waals surface area (Å²) in [6.07, 6.45) is 0. The highest BCUT2D eigenvalue weighted by Crippen LogP contribution is 2.36. The molecule has 0 aliphatic carbocycles. The van der Waals surface area contributed by atoms with Gasteiger partial charge in [-0.1, -0.05) is 98.3 Å². The summed E-state index contributed by atoms with van der Waals surface area (Å²) in [4.78, 5) is 0. The lowest BCUT2D eigenvalue weighted by molar-refractivity contribution is 1.18. The van der Waals surface area contributed by atoms with Crippen molar-refractivity contribution in [3.05, 3.63) is 151 Å². The molecule has 0 N–H and O–H groups in total. The maximum absolute atomic E-state index is 10.2. The first-order valence-corrected chi connectivity index (χ1v) is 19.0. The smallest absolute Gasteiger partial charge is 0.243 e. The van der Waals surface area contributed by atoms with Gasteiger partial charge in [0.2, 0.25) is 6.71 Å². The lowest BCUT2D eigenvalue weighted by Gasteiger charge is -2.32. The van der Waals surface area contributed by atoms with Crippen LogP contribution in [0.5, 0.6) is 0 Å². The number of aromatic nitrogens is 1. The van der Waals surface area contributed by atoms with Crippen LogP contribution < -0.4 is 16.4 Å². The maximum Gasteiger partial charge on any atom is 0.243 e. The number of para-hydroxylation sites is 2. The Labute approximate surface area is 321 Å². The Bertz CT molecular complexity index is 2580. The first kappa shape index (κ1) is 36.5. The van der Waals surface area contributed by atoms with E-state index >= 15 is 0 Å². The van der Waals surface area contributed by atoms with E-state index in [-0.39, 0.29) is 6.71 Å². The van der Waals surface area contributed by atoms with Crippen molar-refractivity contribution in [2.45, 2.75) is 83.1 Å². The Kier molecular flexibility index (Phi) is 9.16. The minimum Gasteiger partial charge on any atom is -0.309 e. The molecule has 0 bridgehead atoms. The summed E-state index contributed by atoms with van der Waals surface area (Å²) < 4.78 is 2.37. The Hall–Kier alpha value is -5.84. The number of fused-ring (bicyclic) bond motifs is 3. The molecule has 1 heterocycles. The van der Waals surface area contributed by atoms with Crippen LogP contribution in [0.4, 0.5) is 0 Å². The first-order valence-electron chi connectivity index (χ1n) is 19.0. The largest absolute Gasteiger partial charge is 0.309 e. The number of nitriles is 2. The molecule has 0 aliphatic rings. The molecule has 3 nitrogen and oxygen atoms in total. The highest BCUT2D eigenvalue weighted by atomic mass is 15.0. The topological polar surface area (TPSA) is 52.5 Å². The van der Waals surface area contributed by atoms with E-state index in [1.807, 2.05) is 0 Å². The van der Waals surface area contributed by atoms with E-state index in [0.29, 0.717) is 0 Å². The minimum atomic E-state index is -0.0792. The fraction of sp³-hybridized carbons (Fsp3) is 0.240. The van der Waals surface area contributed by atoms with E-state index in [4.69, 9.17) is 0 Å². The van der Waals surface area contributed by atoms with Crippen molar-refractivity contribution in [2.24, 2.45) is 0 Å². The van der Waals surface area contributed by atoms with Crippen molar-refractivity contribution in [3.63, 3.8) is 0 Å². The van der Waals surface area contributed by atoms with Crippen molar-refractivity contribution >= 4 is 44.9 Å². The highest BCUT2D eigenvalue weighted by Gasteiger charge is 2.35. The molecule has 0 fully saturated rings. The number of rotatable bonds is 5. The van der Waals surface area contributed by atoms with Gasteiger partial charge in [0.25, 0.3) is 0 Å². The third-order valence-electron chi connectivity index (χ3n) is 13.1. The molecule has 0 atom stereocenters. The van der Waals surface area contributed by atoms with Gasteiger partial charge < -0.3 is 4.57 Å². The van der Waals surface area contributed by atoms with Crippen molar-refractivity contribution < 1.29 is 0 Å². The number of nitrogens with zero attached hydrogens (tertiary/aromatic N) is 3. The molecule has 0 unspecified atom stereocenters. The van der Waals surface area contributed by atoms with E-state index < -0.39 is 0 Å². The predicted octanol–water partition coefficient (Wildman–Crippen LogP) is 10.4. The van der Waals surface area contributed by atoms with Crippen LogP contribution in [0, 0.1) is 106 Å².